The van der Waals surface area contributed by atoms with Crippen molar-refractivity contribution in [1.29, 1.82) is 0 Å². The third kappa shape index (κ3) is 1.34. The first-order valence-electron chi connectivity index (χ1n) is 2.82. The lowest BCUT2D eigenvalue weighted by molar-refractivity contribution is -0.141. The number of nitrogens with one attached hydrogen (secondary N) is 1. The molecule has 0 amide bonds. The zero-order chi connectivity index (χ0) is 9.35. The summed E-state index contributed by atoms with van der Waals surface area (Å²) in [6, 6.07) is 0. The summed E-state index contributed by atoms with van der Waals surface area (Å²) >= 11 is 0. The van der Waals surface area contributed by atoms with Gasteiger partial charge in [-0.05, 0) is 0 Å². The van der Waals surface area contributed by atoms with E-state index in [1.165, 1.54) is 5.10 Å². The molecule has 1 N–H and O–H groups in total. The maximum Gasteiger partial charge on any atom is 0.426 e. The predicted molar refractivity (Wildman–Crippen MR) is 30.1 cm³/mol. The molecule has 0 aliphatic heterocycles. The van der Waals surface area contributed by atoms with Crippen LogP contribution in [0, 0.1) is 5.95 Å². The number of hydrogen-bond donors (Lipinski definition) is 1. The third-order valence-corrected chi connectivity index (χ3v) is 1.17. The smallest absolute Gasteiger partial charge is 0.426 e. The van der Waals surface area contributed by atoms with Crippen molar-refractivity contribution in [2.24, 2.45) is 0 Å². The van der Waals surface area contributed by atoms with Crippen molar-refractivity contribution in [3.63, 3.8) is 0 Å². The summed E-state index contributed by atoms with van der Waals surface area (Å²) in [7, 11) is 0.977. The average molecular weight is 184 g/mol. The van der Waals surface area contributed by atoms with Crippen LogP contribution in [-0.4, -0.2) is 17.3 Å². The maximum absolute atomic E-state index is 12.4. The van der Waals surface area contributed by atoms with Gasteiger partial charge in [-0.25, -0.2) is 5.10 Å². The molecular formula is C5H4F4N2O. The van der Waals surface area contributed by atoms with Gasteiger partial charge in [0.2, 0.25) is 11.8 Å². The summed E-state index contributed by atoms with van der Waals surface area (Å²) in [6.45, 7) is 0. The summed E-state index contributed by atoms with van der Waals surface area (Å²) < 4.78 is 52.4. The molecule has 1 rings (SSSR count). The van der Waals surface area contributed by atoms with Crippen molar-refractivity contribution in [1.82, 2.24) is 10.2 Å². The Kier molecular flexibility index (Phi) is 1.95. The molecule has 0 aromatic carbocycles. The SMILES string of the molecule is COc1n[nH]c(F)c1C(F)(F)F. The Balaban J connectivity index is 3.19. The fourth-order valence-corrected chi connectivity index (χ4v) is 0.699. The van der Waals surface area contributed by atoms with Crippen LogP contribution in [0.15, 0.2) is 0 Å². The molecule has 7 heteroatoms. The molecule has 1 heterocycles. The zero-order valence-corrected chi connectivity index (χ0v) is 5.87. The minimum Gasteiger partial charge on any atom is -0.479 e. The van der Waals surface area contributed by atoms with Crippen molar-refractivity contribution in [2.45, 2.75) is 6.18 Å². The monoisotopic (exact) mass is 184 g/mol. The van der Waals surface area contributed by atoms with Gasteiger partial charge in [-0.15, -0.1) is 5.10 Å². The van der Waals surface area contributed by atoms with E-state index in [4.69, 9.17) is 0 Å². The van der Waals surface area contributed by atoms with Crippen LogP contribution in [0.2, 0.25) is 0 Å². The Bertz CT molecular complexity index is 279. The lowest BCUT2D eigenvalue weighted by atomic mass is 10.3. The van der Waals surface area contributed by atoms with E-state index in [2.05, 4.69) is 9.84 Å². The van der Waals surface area contributed by atoms with Gasteiger partial charge >= 0.3 is 6.18 Å². The van der Waals surface area contributed by atoms with Crippen molar-refractivity contribution in [3.05, 3.63) is 11.5 Å². The highest BCUT2D eigenvalue weighted by atomic mass is 19.4. The molecule has 0 aliphatic carbocycles. The van der Waals surface area contributed by atoms with Crippen molar-refractivity contribution < 1.29 is 22.3 Å². The first-order valence-corrected chi connectivity index (χ1v) is 2.82. The molecule has 0 atom stereocenters. The molecule has 0 saturated carbocycles. The minimum absolute atomic E-state index is 0.792. The van der Waals surface area contributed by atoms with Crippen LogP contribution in [0.25, 0.3) is 0 Å². The highest BCUT2D eigenvalue weighted by Gasteiger charge is 2.40. The molecule has 0 saturated heterocycles. The van der Waals surface area contributed by atoms with Gasteiger partial charge in [0.05, 0.1) is 7.11 Å². The lowest BCUT2D eigenvalue weighted by Gasteiger charge is -2.04. The quantitative estimate of drug-likeness (QED) is 0.672. The number of ether oxygens (including phenoxy) is 1. The van der Waals surface area contributed by atoms with Crippen LogP contribution in [0.5, 0.6) is 5.88 Å². The molecule has 0 radical (unpaired) electrons. The van der Waals surface area contributed by atoms with Gasteiger partial charge in [0.25, 0.3) is 0 Å². The number of aromatic nitrogens is 2. The van der Waals surface area contributed by atoms with Gasteiger partial charge in [-0.1, -0.05) is 0 Å². The Labute approximate surface area is 64.3 Å². The molecule has 12 heavy (non-hydrogen) atoms. The van der Waals surface area contributed by atoms with Crippen LogP contribution in [0.1, 0.15) is 5.56 Å². The number of halogens is 4. The average Bonchev–Trinajstić information content (AvgIpc) is 2.29. The standard InChI is InChI=1S/C5H4F4N2O/c1-12-4-2(5(7,8)9)3(6)10-11-4/h1H3,(H,10,11). The molecule has 0 bridgehead atoms. The number of aromatic amines is 1. The van der Waals surface area contributed by atoms with Crippen LogP contribution in [0.3, 0.4) is 0 Å². The lowest BCUT2D eigenvalue weighted by Crippen LogP contribution is -2.07. The Hall–Kier alpha value is -1.27. The van der Waals surface area contributed by atoms with E-state index in [0.29, 0.717) is 0 Å². The van der Waals surface area contributed by atoms with Crippen molar-refractivity contribution >= 4 is 0 Å². The van der Waals surface area contributed by atoms with Gasteiger partial charge in [-0.2, -0.15) is 17.6 Å². The van der Waals surface area contributed by atoms with E-state index in [-0.39, 0.29) is 0 Å². The highest BCUT2D eigenvalue weighted by Crippen LogP contribution is 2.36. The van der Waals surface area contributed by atoms with E-state index < -0.39 is 23.6 Å². The van der Waals surface area contributed by atoms with Crippen molar-refractivity contribution in [2.75, 3.05) is 7.11 Å². The molecule has 0 aliphatic rings. The summed E-state index contributed by atoms with van der Waals surface area (Å²) in [5.41, 5.74) is -1.51. The number of alkyl halides is 3. The Morgan fingerprint density at radius 3 is 2.33 bits per heavy atom. The Morgan fingerprint density at radius 2 is 2.00 bits per heavy atom. The van der Waals surface area contributed by atoms with Gasteiger partial charge in [-0.3, -0.25) is 0 Å². The van der Waals surface area contributed by atoms with E-state index in [1.807, 2.05) is 0 Å². The second kappa shape index (κ2) is 2.65. The minimum atomic E-state index is -4.79. The van der Waals surface area contributed by atoms with E-state index >= 15 is 0 Å². The van der Waals surface area contributed by atoms with Crippen LogP contribution < -0.4 is 4.74 Å². The number of methoxy groups -OCH3 is 1. The number of hydrogen-bond acceptors (Lipinski definition) is 2. The summed E-state index contributed by atoms with van der Waals surface area (Å²) in [6.07, 6.45) is -4.79. The molecular weight excluding hydrogens is 180 g/mol. The van der Waals surface area contributed by atoms with E-state index in [1.54, 1.807) is 0 Å². The highest BCUT2D eigenvalue weighted by molar-refractivity contribution is 5.26. The molecule has 68 valence electrons. The van der Waals surface area contributed by atoms with Crippen molar-refractivity contribution in [3.8, 4) is 5.88 Å². The number of rotatable bonds is 1. The van der Waals surface area contributed by atoms with E-state index in [0.717, 1.165) is 7.11 Å². The largest absolute Gasteiger partial charge is 0.479 e. The fraction of sp³-hybridized carbons (Fsp3) is 0.400. The van der Waals surface area contributed by atoms with Gasteiger partial charge < -0.3 is 4.74 Å². The molecule has 0 spiro atoms. The Morgan fingerprint density at radius 1 is 1.42 bits per heavy atom. The predicted octanol–water partition coefficient (Wildman–Crippen LogP) is 1.58. The summed E-state index contributed by atoms with van der Waals surface area (Å²) in [5, 5.41) is 4.49. The second-order valence-corrected chi connectivity index (χ2v) is 1.92. The van der Waals surface area contributed by atoms with Gasteiger partial charge in [0, 0.05) is 0 Å². The molecule has 1 aromatic rings. The summed E-state index contributed by atoms with van der Waals surface area (Å²) in [5.74, 6) is -2.33. The van der Waals surface area contributed by atoms with Crippen LogP contribution in [0.4, 0.5) is 17.6 Å². The fourth-order valence-electron chi connectivity index (χ4n) is 0.699. The molecule has 1 aromatic heterocycles. The van der Waals surface area contributed by atoms with E-state index in [9.17, 15) is 17.6 Å². The summed E-state index contributed by atoms with van der Waals surface area (Å²) in [4.78, 5) is 0. The zero-order valence-electron chi connectivity index (χ0n) is 5.87. The number of H-pyrrole nitrogens is 1. The van der Waals surface area contributed by atoms with Gasteiger partial charge in [0.1, 0.15) is 0 Å². The third-order valence-electron chi connectivity index (χ3n) is 1.17. The topological polar surface area (TPSA) is 37.9 Å². The normalized spacial score (nSPS) is 11.8. The first-order chi connectivity index (χ1) is 5.46. The second-order valence-electron chi connectivity index (χ2n) is 1.92. The first kappa shape index (κ1) is 8.82. The molecule has 3 nitrogen and oxygen atoms in total. The maximum atomic E-state index is 12.4. The molecule has 0 fully saturated rings. The number of nitrogens with zero attached hydrogens (tertiary/aromatic N) is 1. The van der Waals surface area contributed by atoms with Gasteiger partial charge in [0.15, 0.2) is 5.56 Å². The van der Waals surface area contributed by atoms with Crippen LogP contribution >= 0.6 is 0 Å². The van der Waals surface area contributed by atoms with Crippen LogP contribution in [-0.2, 0) is 6.18 Å². The molecule has 0 unspecified atom stereocenters.